The lowest BCUT2D eigenvalue weighted by Gasteiger charge is -2.36. The molecule has 18 heavy (non-hydrogen) atoms. The van der Waals surface area contributed by atoms with Crippen molar-refractivity contribution in [2.75, 3.05) is 12.3 Å². The molecule has 2 rings (SSSR count). The first-order chi connectivity index (χ1) is 8.41. The summed E-state index contributed by atoms with van der Waals surface area (Å²) in [5.41, 5.74) is 7.71. The van der Waals surface area contributed by atoms with Crippen LogP contribution in [0, 0.1) is 12.8 Å². The lowest BCUT2D eigenvalue weighted by molar-refractivity contribution is 0.0564. The molecule has 100 valence electrons. The highest BCUT2D eigenvalue weighted by Crippen LogP contribution is 2.25. The second-order valence-corrected chi connectivity index (χ2v) is 5.46. The van der Waals surface area contributed by atoms with E-state index in [-0.39, 0.29) is 11.9 Å². The number of likely N-dealkylation sites (tertiary alicyclic amines) is 1. The molecule has 2 heterocycles. The van der Waals surface area contributed by atoms with Crippen LogP contribution in [0.2, 0.25) is 0 Å². The number of rotatable bonds is 1. The molecule has 0 radical (unpaired) electrons. The zero-order chi connectivity index (χ0) is 13.4. The molecule has 2 atom stereocenters. The number of hydrogen-bond acceptors (Lipinski definition) is 3. The number of nitrogens with two attached hydrogens (primary N) is 1. The van der Waals surface area contributed by atoms with Crippen LogP contribution in [-0.4, -0.2) is 33.2 Å². The standard InChI is InChI=1S/C13H22N4O/c1-8-5-6-9(2)17(7-8)13(18)12-11(14)10(3)15-16(12)4/h8-9H,5-7,14H2,1-4H3. The maximum Gasteiger partial charge on any atom is 0.274 e. The fourth-order valence-corrected chi connectivity index (χ4v) is 2.64. The van der Waals surface area contributed by atoms with E-state index >= 15 is 0 Å². The smallest absolute Gasteiger partial charge is 0.274 e. The van der Waals surface area contributed by atoms with Crippen molar-refractivity contribution >= 4 is 11.6 Å². The van der Waals surface area contributed by atoms with E-state index in [4.69, 9.17) is 5.73 Å². The summed E-state index contributed by atoms with van der Waals surface area (Å²) in [6.45, 7) is 6.92. The van der Waals surface area contributed by atoms with Gasteiger partial charge in [-0.3, -0.25) is 9.48 Å². The normalized spacial score (nSPS) is 24.3. The number of carbonyl (C=O) groups excluding carboxylic acids is 1. The van der Waals surface area contributed by atoms with Crippen LogP contribution < -0.4 is 5.73 Å². The molecule has 1 amide bonds. The van der Waals surface area contributed by atoms with Gasteiger partial charge in [0.1, 0.15) is 5.69 Å². The molecular weight excluding hydrogens is 228 g/mol. The molecule has 0 saturated carbocycles. The second-order valence-electron chi connectivity index (χ2n) is 5.46. The number of aryl methyl sites for hydroxylation is 2. The summed E-state index contributed by atoms with van der Waals surface area (Å²) in [5, 5.41) is 4.21. The van der Waals surface area contributed by atoms with Crippen LogP contribution in [0.5, 0.6) is 0 Å². The Balaban J connectivity index is 2.30. The third-order valence-corrected chi connectivity index (χ3v) is 3.85. The summed E-state index contributed by atoms with van der Waals surface area (Å²) in [6.07, 6.45) is 2.24. The first-order valence-corrected chi connectivity index (χ1v) is 6.51. The van der Waals surface area contributed by atoms with Gasteiger partial charge >= 0.3 is 0 Å². The largest absolute Gasteiger partial charge is 0.395 e. The molecule has 5 heteroatoms. The monoisotopic (exact) mass is 250 g/mol. The Labute approximate surface area is 108 Å². The Hall–Kier alpha value is -1.52. The van der Waals surface area contributed by atoms with Crippen molar-refractivity contribution in [2.24, 2.45) is 13.0 Å². The van der Waals surface area contributed by atoms with Crippen LogP contribution in [0.4, 0.5) is 5.69 Å². The SMILES string of the molecule is Cc1nn(C)c(C(=O)N2CC(C)CCC2C)c1N. The van der Waals surface area contributed by atoms with Crippen molar-refractivity contribution in [2.45, 2.75) is 39.7 Å². The summed E-state index contributed by atoms with van der Waals surface area (Å²) in [5.74, 6) is 0.565. The summed E-state index contributed by atoms with van der Waals surface area (Å²) in [6, 6.07) is 0.281. The molecule has 2 N–H and O–H groups in total. The Morgan fingerprint density at radius 3 is 2.61 bits per heavy atom. The fraction of sp³-hybridized carbons (Fsp3) is 0.692. The third-order valence-electron chi connectivity index (χ3n) is 3.85. The first-order valence-electron chi connectivity index (χ1n) is 6.51. The van der Waals surface area contributed by atoms with Crippen molar-refractivity contribution in [3.05, 3.63) is 11.4 Å². The summed E-state index contributed by atoms with van der Waals surface area (Å²) in [7, 11) is 1.77. The number of hydrogen-bond donors (Lipinski definition) is 1. The van der Waals surface area contributed by atoms with Gasteiger partial charge < -0.3 is 10.6 Å². The molecule has 5 nitrogen and oxygen atoms in total. The highest BCUT2D eigenvalue weighted by atomic mass is 16.2. The van der Waals surface area contributed by atoms with Crippen molar-refractivity contribution < 1.29 is 4.79 Å². The number of piperidine rings is 1. The van der Waals surface area contributed by atoms with E-state index in [1.807, 2.05) is 11.8 Å². The van der Waals surface area contributed by atoms with Crippen molar-refractivity contribution in [1.82, 2.24) is 14.7 Å². The maximum absolute atomic E-state index is 12.6. The minimum absolute atomic E-state index is 0.00894. The molecule has 0 aliphatic carbocycles. The van der Waals surface area contributed by atoms with E-state index in [0.29, 0.717) is 17.3 Å². The average molecular weight is 250 g/mol. The number of aromatic nitrogens is 2. The van der Waals surface area contributed by atoms with Gasteiger partial charge in [0.15, 0.2) is 0 Å². The quantitative estimate of drug-likeness (QED) is 0.823. The van der Waals surface area contributed by atoms with Crippen LogP contribution in [0.15, 0.2) is 0 Å². The number of amides is 1. The van der Waals surface area contributed by atoms with E-state index < -0.39 is 0 Å². The minimum atomic E-state index is 0.00894. The lowest BCUT2D eigenvalue weighted by Crippen LogP contribution is -2.45. The maximum atomic E-state index is 12.6. The van der Waals surface area contributed by atoms with Crippen molar-refractivity contribution in [3.63, 3.8) is 0 Å². The molecule has 0 spiro atoms. The highest BCUT2D eigenvalue weighted by Gasteiger charge is 2.30. The van der Waals surface area contributed by atoms with Crippen LogP contribution in [-0.2, 0) is 7.05 Å². The second kappa shape index (κ2) is 4.63. The molecule has 0 aromatic carbocycles. The van der Waals surface area contributed by atoms with Crippen LogP contribution in [0.3, 0.4) is 0 Å². The van der Waals surface area contributed by atoms with Gasteiger partial charge in [0.25, 0.3) is 5.91 Å². The molecule has 1 saturated heterocycles. The van der Waals surface area contributed by atoms with E-state index in [0.717, 1.165) is 18.7 Å². The van der Waals surface area contributed by atoms with Crippen LogP contribution in [0.1, 0.15) is 42.9 Å². The first kappa shape index (κ1) is 12.9. The Kier molecular flexibility index (Phi) is 3.32. The third kappa shape index (κ3) is 2.09. The zero-order valence-electron chi connectivity index (χ0n) is 11.6. The Morgan fingerprint density at radius 1 is 1.39 bits per heavy atom. The number of nitrogens with zero attached hydrogens (tertiary/aromatic N) is 3. The molecule has 1 aromatic rings. The molecule has 0 bridgehead atoms. The molecule has 1 fully saturated rings. The Morgan fingerprint density at radius 2 is 2.06 bits per heavy atom. The number of nitrogen functional groups attached to an aromatic ring is 1. The summed E-state index contributed by atoms with van der Waals surface area (Å²) in [4.78, 5) is 14.5. The van der Waals surface area contributed by atoms with E-state index in [2.05, 4.69) is 18.9 Å². The molecular formula is C13H22N4O. The predicted molar refractivity (Wildman–Crippen MR) is 71.3 cm³/mol. The van der Waals surface area contributed by atoms with Crippen molar-refractivity contribution in [3.8, 4) is 0 Å². The topological polar surface area (TPSA) is 64.2 Å². The summed E-state index contributed by atoms with van der Waals surface area (Å²) < 4.78 is 1.60. The van der Waals surface area contributed by atoms with Gasteiger partial charge in [-0.1, -0.05) is 6.92 Å². The fourth-order valence-electron chi connectivity index (χ4n) is 2.64. The zero-order valence-corrected chi connectivity index (χ0v) is 11.6. The number of carbonyl (C=O) groups is 1. The minimum Gasteiger partial charge on any atom is -0.395 e. The van der Waals surface area contributed by atoms with Gasteiger partial charge in [-0.15, -0.1) is 0 Å². The van der Waals surface area contributed by atoms with Gasteiger partial charge in [0.05, 0.1) is 11.4 Å². The van der Waals surface area contributed by atoms with E-state index in [9.17, 15) is 4.79 Å². The van der Waals surface area contributed by atoms with Gasteiger partial charge in [0, 0.05) is 19.6 Å². The molecule has 1 aliphatic rings. The lowest BCUT2D eigenvalue weighted by atomic mass is 9.94. The highest BCUT2D eigenvalue weighted by molar-refractivity contribution is 5.98. The number of anilines is 1. The summed E-state index contributed by atoms with van der Waals surface area (Å²) >= 11 is 0. The molecule has 2 unspecified atom stereocenters. The molecule has 1 aromatic heterocycles. The van der Waals surface area contributed by atoms with Crippen LogP contribution in [0.25, 0.3) is 0 Å². The Bertz CT molecular complexity index is 466. The van der Waals surface area contributed by atoms with Crippen LogP contribution >= 0.6 is 0 Å². The van der Waals surface area contributed by atoms with E-state index in [1.54, 1.807) is 11.7 Å². The predicted octanol–water partition coefficient (Wildman–Crippen LogP) is 1.57. The average Bonchev–Trinajstić information content (AvgIpc) is 2.56. The van der Waals surface area contributed by atoms with Crippen molar-refractivity contribution in [1.29, 1.82) is 0 Å². The molecule has 1 aliphatic heterocycles. The van der Waals surface area contributed by atoms with Gasteiger partial charge in [-0.25, -0.2) is 0 Å². The van der Waals surface area contributed by atoms with Gasteiger partial charge in [-0.05, 0) is 32.6 Å². The van der Waals surface area contributed by atoms with Gasteiger partial charge in [-0.2, -0.15) is 5.10 Å². The van der Waals surface area contributed by atoms with Gasteiger partial charge in [0.2, 0.25) is 0 Å². The van der Waals surface area contributed by atoms with E-state index in [1.165, 1.54) is 6.42 Å².